The second-order valence-corrected chi connectivity index (χ2v) is 3.32. The van der Waals surface area contributed by atoms with Crippen LogP contribution in [0.2, 0.25) is 0 Å². The van der Waals surface area contributed by atoms with Crippen molar-refractivity contribution in [3.63, 3.8) is 0 Å². The van der Waals surface area contributed by atoms with Gasteiger partial charge in [-0.25, -0.2) is 0 Å². The highest BCUT2D eigenvalue weighted by atomic mass is 35.5. The average molecular weight is 203 g/mol. The highest BCUT2D eigenvalue weighted by molar-refractivity contribution is 6.16. The number of alkyl halides is 1. The van der Waals surface area contributed by atoms with Crippen molar-refractivity contribution in [3.8, 4) is 0 Å². The van der Waals surface area contributed by atoms with Crippen molar-refractivity contribution in [1.29, 1.82) is 0 Å². The number of rotatable bonds is 6. The van der Waals surface area contributed by atoms with Crippen LogP contribution in [0.15, 0.2) is 4.52 Å². The molecule has 0 aliphatic carbocycles. The number of hydrogen-bond donors (Lipinski definition) is 0. The van der Waals surface area contributed by atoms with Crippen LogP contribution < -0.4 is 0 Å². The van der Waals surface area contributed by atoms with Crippen molar-refractivity contribution in [2.24, 2.45) is 0 Å². The van der Waals surface area contributed by atoms with Crippen LogP contribution in [-0.2, 0) is 12.3 Å². The van der Waals surface area contributed by atoms with Crippen LogP contribution in [0.3, 0.4) is 0 Å². The second-order valence-electron chi connectivity index (χ2n) is 3.05. The Morgan fingerprint density at radius 1 is 1.31 bits per heavy atom. The lowest BCUT2D eigenvalue weighted by atomic mass is 10.1. The molecule has 1 aromatic heterocycles. The zero-order chi connectivity index (χ0) is 9.52. The summed E-state index contributed by atoms with van der Waals surface area (Å²) < 4.78 is 4.88. The van der Waals surface area contributed by atoms with E-state index in [1.807, 2.05) is 0 Å². The topological polar surface area (TPSA) is 38.9 Å². The molecule has 0 fully saturated rings. The van der Waals surface area contributed by atoms with Crippen LogP contribution in [0.5, 0.6) is 0 Å². The van der Waals surface area contributed by atoms with E-state index in [4.69, 9.17) is 16.1 Å². The van der Waals surface area contributed by atoms with E-state index in [0.717, 1.165) is 18.7 Å². The molecule has 1 heterocycles. The summed E-state index contributed by atoms with van der Waals surface area (Å²) in [7, 11) is 0. The third-order valence-electron chi connectivity index (χ3n) is 1.88. The molecular formula is C9H15ClN2O. The van der Waals surface area contributed by atoms with Crippen LogP contribution >= 0.6 is 11.6 Å². The van der Waals surface area contributed by atoms with Crippen LogP contribution in [0.1, 0.15) is 44.3 Å². The van der Waals surface area contributed by atoms with Gasteiger partial charge in [0.05, 0.1) is 0 Å². The molecule has 13 heavy (non-hydrogen) atoms. The minimum Gasteiger partial charge on any atom is -0.338 e. The summed E-state index contributed by atoms with van der Waals surface area (Å²) in [5, 5.41) is 3.81. The van der Waals surface area contributed by atoms with Crippen molar-refractivity contribution in [3.05, 3.63) is 11.7 Å². The number of aromatic nitrogens is 2. The molecule has 0 spiro atoms. The van der Waals surface area contributed by atoms with Crippen LogP contribution in [0.25, 0.3) is 0 Å². The number of halogens is 1. The fraction of sp³-hybridized carbons (Fsp3) is 0.778. The highest BCUT2D eigenvalue weighted by Gasteiger charge is 2.03. The van der Waals surface area contributed by atoms with Gasteiger partial charge < -0.3 is 4.52 Å². The lowest BCUT2D eigenvalue weighted by Crippen LogP contribution is -1.88. The summed E-state index contributed by atoms with van der Waals surface area (Å²) in [5.74, 6) is 1.61. The second kappa shape index (κ2) is 5.97. The van der Waals surface area contributed by atoms with Gasteiger partial charge in [0.25, 0.3) is 0 Å². The third-order valence-corrected chi connectivity index (χ3v) is 2.11. The van der Waals surface area contributed by atoms with Crippen molar-refractivity contribution in [1.82, 2.24) is 10.1 Å². The SMILES string of the molecule is CCCCCCc1noc(CCl)n1. The van der Waals surface area contributed by atoms with Gasteiger partial charge in [-0.1, -0.05) is 31.3 Å². The molecule has 1 rings (SSSR count). The first kappa shape index (κ1) is 10.5. The Balaban J connectivity index is 2.20. The Morgan fingerprint density at radius 3 is 2.77 bits per heavy atom. The molecule has 74 valence electrons. The summed E-state index contributed by atoms with van der Waals surface area (Å²) in [6.45, 7) is 2.19. The van der Waals surface area contributed by atoms with Gasteiger partial charge in [0.15, 0.2) is 5.82 Å². The maximum Gasteiger partial charge on any atom is 0.241 e. The first-order valence-electron chi connectivity index (χ1n) is 4.74. The van der Waals surface area contributed by atoms with Gasteiger partial charge in [-0.2, -0.15) is 4.98 Å². The summed E-state index contributed by atoms with van der Waals surface area (Å²) in [4.78, 5) is 4.12. The fourth-order valence-corrected chi connectivity index (χ4v) is 1.26. The molecule has 0 aromatic carbocycles. The molecule has 0 saturated carbocycles. The predicted octanol–water partition coefficient (Wildman–Crippen LogP) is 2.93. The normalized spacial score (nSPS) is 10.6. The van der Waals surface area contributed by atoms with E-state index in [9.17, 15) is 0 Å². The van der Waals surface area contributed by atoms with Gasteiger partial charge in [-0.05, 0) is 6.42 Å². The molecule has 0 aliphatic rings. The molecule has 3 nitrogen and oxygen atoms in total. The predicted molar refractivity (Wildman–Crippen MR) is 51.7 cm³/mol. The van der Waals surface area contributed by atoms with Crippen molar-refractivity contribution >= 4 is 11.6 Å². The van der Waals surface area contributed by atoms with Crippen LogP contribution in [-0.4, -0.2) is 10.1 Å². The molecule has 0 atom stereocenters. The number of nitrogens with zero attached hydrogens (tertiary/aromatic N) is 2. The van der Waals surface area contributed by atoms with Crippen molar-refractivity contribution < 1.29 is 4.52 Å². The molecule has 0 unspecified atom stereocenters. The summed E-state index contributed by atoms with van der Waals surface area (Å²) in [6, 6.07) is 0. The van der Waals surface area contributed by atoms with Crippen LogP contribution in [0, 0.1) is 0 Å². The lowest BCUT2D eigenvalue weighted by molar-refractivity contribution is 0.383. The Morgan fingerprint density at radius 2 is 2.15 bits per heavy atom. The van der Waals surface area contributed by atoms with Gasteiger partial charge in [-0.15, -0.1) is 11.6 Å². The maximum atomic E-state index is 5.53. The zero-order valence-corrected chi connectivity index (χ0v) is 8.68. The van der Waals surface area contributed by atoms with Gasteiger partial charge in [-0.3, -0.25) is 0 Å². The number of unbranched alkanes of at least 4 members (excludes halogenated alkanes) is 3. The van der Waals surface area contributed by atoms with Crippen molar-refractivity contribution in [2.75, 3.05) is 0 Å². The highest BCUT2D eigenvalue weighted by Crippen LogP contribution is 2.06. The first-order chi connectivity index (χ1) is 6.36. The van der Waals surface area contributed by atoms with Gasteiger partial charge in [0.1, 0.15) is 5.88 Å². The average Bonchev–Trinajstić information content (AvgIpc) is 2.60. The zero-order valence-electron chi connectivity index (χ0n) is 7.92. The minimum absolute atomic E-state index is 0.307. The summed E-state index contributed by atoms with van der Waals surface area (Å²) in [6.07, 6.45) is 5.80. The molecule has 0 saturated heterocycles. The van der Waals surface area contributed by atoms with E-state index in [2.05, 4.69) is 17.1 Å². The largest absolute Gasteiger partial charge is 0.338 e. The van der Waals surface area contributed by atoms with Gasteiger partial charge >= 0.3 is 0 Å². The standard InChI is InChI=1S/C9H15ClN2O/c1-2-3-4-5-6-8-11-9(7-10)13-12-8/h2-7H2,1H3. The molecule has 0 N–H and O–H groups in total. The summed E-state index contributed by atoms with van der Waals surface area (Å²) >= 11 is 5.53. The van der Waals surface area contributed by atoms with E-state index in [0.29, 0.717) is 11.8 Å². The monoisotopic (exact) mass is 202 g/mol. The smallest absolute Gasteiger partial charge is 0.241 e. The molecule has 4 heteroatoms. The third kappa shape index (κ3) is 3.77. The molecule has 0 amide bonds. The first-order valence-corrected chi connectivity index (χ1v) is 5.27. The van der Waals surface area contributed by atoms with E-state index < -0.39 is 0 Å². The Kier molecular flexibility index (Phi) is 4.83. The molecular weight excluding hydrogens is 188 g/mol. The van der Waals surface area contributed by atoms with E-state index in [1.54, 1.807) is 0 Å². The quantitative estimate of drug-likeness (QED) is 0.526. The van der Waals surface area contributed by atoms with E-state index in [-0.39, 0.29) is 0 Å². The molecule has 0 radical (unpaired) electrons. The Bertz CT molecular complexity index is 237. The van der Waals surface area contributed by atoms with E-state index in [1.165, 1.54) is 19.3 Å². The molecule has 0 aliphatic heterocycles. The van der Waals surface area contributed by atoms with Crippen LogP contribution in [0.4, 0.5) is 0 Å². The van der Waals surface area contributed by atoms with Gasteiger partial charge in [0, 0.05) is 6.42 Å². The number of hydrogen-bond acceptors (Lipinski definition) is 3. The summed E-state index contributed by atoms with van der Waals surface area (Å²) in [5.41, 5.74) is 0. The minimum atomic E-state index is 0.307. The fourth-order valence-electron chi connectivity index (χ4n) is 1.16. The van der Waals surface area contributed by atoms with Gasteiger partial charge in [0.2, 0.25) is 5.89 Å². The Labute approximate surface area is 83.5 Å². The Hall–Kier alpha value is -0.570. The molecule has 0 bridgehead atoms. The maximum absolute atomic E-state index is 5.53. The molecule has 1 aromatic rings. The number of aryl methyl sites for hydroxylation is 1. The van der Waals surface area contributed by atoms with Crippen molar-refractivity contribution in [2.45, 2.75) is 44.9 Å². The van der Waals surface area contributed by atoms with E-state index >= 15 is 0 Å². The lowest BCUT2D eigenvalue weighted by Gasteiger charge is -1.93.